The van der Waals surface area contributed by atoms with Gasteiger partial charge in [-0.3, -0.25) is 4.57 Å². The van der Waals surface area contributed by atoms with Crippen molar-refractivity contribution in [3.63, 3.8) is 0 Å². The quantitative estimate of drug-likeness (QED) is 0.561. The van der Waals surface area contributed by atoms with Crippen molar-refractivity contribution in [2.24, 2.45) is 5.92 Å². The van der Waals surface area contributed by atoms with Gasteiger partial charge in [0.05, 0.1) is 7.11 Å². The number of methoxy groups -OCH3 is 1. The highest BCUT2D eigenvalue weighted by Gasteiger charge is 2.38. The van der Waals surface area contributed by atoms with E-state index in [9.17, 15) is 23.9 Å². The molecule has 150 valence electrons. The van der Waals surface area contributed by atoms with Gasteiger partial charge >= 0.3 is 19.6 Å². The highest BCUT2D eigenvalue weighted by atomic mass is 35.5. The molecular formula is C17H24ClN2O6P. The van der Waals surface area contributed by atoms with Crippen LogP contribution in [0.25, 0.3) is 0 Å². The molecule has 2 rings (SSSR count). The van der Waals surface area contributed by atoms with E-state index in [2.05, 4.69) is 0 Å². The summed E-state index contributed by atoms with van der Waals surface area (Å²) < 4.78 is 16.3. The summed E-state index contributed by atoms with van der Waals surface area (Å²) in [4.78, 5) is 46.5. The Hall–Kier alpha value is -1.60. The summed E-state index contributed by atoms with van der Waals surface area (Å²) in [6.07, 6.45) is -0.485. The van der Waals surface area contributed by atoms with Gasteiger partial charge in [-0.1, -0.05) is 31.5 Å². The molecule has 1 aromatic carbocycles. The van der Waals surface area contributed by atoms with Gasteiger partial charge in [0, 0.05) is 24.5 Å². The van der Waals surface area contributed by atoms with Crippen molar-refractivity contribution in [1.29, 1.82) is 0 Å². The zero-order valence-electron chi connectivity index (χ0n) is 15.5. The zero-order valence-corrected chi connectivity index (χ0v) is 17.1. The van der Waals surface area contributed by atoms with Gasteiger partial charge in [0.1, 0.15) is 12.3 Å². The molecule has 27 heavy (non-hydrogen) atoms. The van der Waals surface area contributed by atoms with Crippen LogP contribution in [0.15, 0.2) is 18.2 Å². The van der Waals surface area contributed by atoms with Crippen molar-refractivity contribution in [2.45, 2.75) is 32.9 Å². The first kappa shape index (κ1) is 21.7. The largest absolute Gasteiger partial charge is 0.467 e. The monoisotopic (exact) mass is 418 g/mol. The number of halogens is 1. The number of amides is 2. The number of benzene rings is 1. The highest BCUT2D eigenvalue weighted by molar-refractivity contribution is 7.51. The molecule has 0 bridgehead atoms. The molecule has 0 spiro atoms. The SMILES string of the molecule is COC(=O)C1Cc2cc(Cl)ccc2CN1C(=O)N(CC(C)C)CP(=O)(O)O. The first-order valence-electron chi connectivity index (χ1n) is 8.47. The molecule has 0 radical (unpaired) electrons. The highest BCUT2D eigenvalue weighted by Crippen LogP contribution is 2.36. The van der Waals surface area contributed by atoms with E-state index < -0.39 is 31.9 Å². The lowest BCUT2D eigenvalue weighted by Gasteiger charge is -2.39. The molecule has 10 heteroatoms. The summed E-state index contributed by atoms with van der Waals surface area (Å²) >= 11 is 6.03. The Morgan fingerprint density at radius 1 is 1.37 bits per heavy atom. The molecule has 8 nitrogen and oxygen atoms in total. The minimum Gasteiger partial charge on any atom is -0.467 e. The Bertz CT molecular complexity index is 766. The Labute approximate surface area is 163 Å². The summed E-state index contributed by atoms with van der Waals surface area (Å²) in [6.45, 7) is 3.96. The van der Waals surface area contributed by atoms with Crippen LogP contribution >= 0.6 is 19.2 Å². The van der Waals surface area contributed by atoms with Crippen LogP contribution in [0.4, 0.5) is 4.79 Å². The Morgan fingerprint density at radius 2 is 2.04 bits per heavy atom. The van der Waals surface area contributed by atoms with Crippen LogP contribution in [-0.2, 0) is 27.1 Å². The Morgan fingerprint density at radius 3 is 2.59 bits per heavy atom. The number of carbonyl (C=O) groups is 2. The minimum absolute atomic E-state index is 0.00652. The maximum atomic E-state index is 13.1. The lowest BCUT2D eigenvalue weighted by atomic mass is 9.94. The molecule has 1 heterocycles. The molecule has 0 saturated heterocycles. The third-order valence-electron chi connectivity index (χ3n) is 4.23. The van der Waals surface area contributed by atoms with Gasteiger partial charge in [-0.05, 0) is 29.2 Å². The van der Waals surface area contributed by atoms with Crippen LogP contribution in [0.1, 0.15) is 25.0 Å². The molecule has 1 unspecified atom stereocenters. The molecular weight excluding hydrogens is 395 g/mol. The summed E-state index contributed by atoms with van der Waals surface area (Å²) in [5.41, 5.74) is 1.67. The average Bonchev–Trinajstić information content (AvgIpc) is 2.57. The zero-order chi connectivity index (χ0) is 20.4. The van der Waals surface area contributed by atoms with E-state index in [1.54, 1.807) is 18.2 Å². The van der Waals surface area contributed by atoms with Gasteiger partial charge in [-0.15, -0.1) is 0 Å². The predicted octanol–water partition coefficient (Wildman–Crippen LogP) is 2.45. The molecule has 0 fully saturated rings. The maximum Gasteiger partial charge on any atom is 0.344 e. The third kappa shape index (κ3) is 5.69. The standard InChI is InChI=1S/C17H24ClN2O6P/c1-11(2)8-19(10-27(23,24)25)17(22)20-9-12-4-5-14(18)6-13(12)7-15(20)16(21)26-3/h4-6,11,15H,7-10H2,1-3H3,(H2,23,24,25). The average molecular weight is 419 g/mol. The van der Waals surface area contributed by atoms with Gasteiger partial charge in [0.15, 0.2) is 0 Å². The van der Waals surface area contributed by atoms with Crippen molar-refractivity contribution >= 4 is 31.2 Å². The maximum absolute atomic E-state index is 13.1. The fourth-order valence-corrected chi connectivity index (χ4v) is 4.02. The van der Waals surface area contributed by atoms with E-state index in [1.807, 2.05) is 13.8 Å². The minimum atomic E-state index is -4.46. The van der Waals surface area contributed by atoms with Crippen molar-refractivity contribution in [3.05, 3.63) is 34.3 Å². The first-order valence-corrected chi connectivity index (χ1v) is 10.6. The van der Waals surface area contributed by atoms with Crippen LogP contribution in [0.5, 0.6) is 0 Å². The Balaban J connectivity index is 2.37. The number of ether oxygens (including phenoxy) is 1. The van der Waals surface area contributed by atoms with Crippen molar-refractivity contribution < 1.29 is 28.7 Å². The second-order valence-electron chi connectivity index (χ2n) is 6.99. The number of urea groups is 1. The van der Waals surface area contributed by atoms with E-state index >= 15 is 0 Å². The summed E-state index contributed by atoms with van der Waals surface area (Å²) in [5, 5.41) is 0.528. The molecule has 1 aliphatic heterocycles. The molecule has 1 atom stereocenters. The lowest BCUT2D eigenvalue weighted by Crippen LogP contribution is -2.54. The molecule has 2 amide bonds. The van der Waals surface area contributed by atoms with Gasteiger partial charge in [0.2, 0.25) is 0 Å². The van der Waals surface area contributed by atoms with Crippen LogP contribution in [0, 0.1) is 5.92 Å². The molecule has 0 saturated carbocycles. The third-order valence-corrected chi connectivity index (χ3v) is 5.17. The van der Waals surface area contributed by atoms with Gasteiger partial charge in [-0.2, -0.15) is 0 Å². The molecule has 1 aliphatic rings. The smallest absolute Gasteiger partial charge is 0.344 e. The fraction of sp³-hybridized carbons (Fsp3) is 0.529. The summed E-state index contributed by atoms with van der Waals surface area (Å²) in [5.74, 6) is -0.595. The van der Waals surface area contributed by atoms with Crippen molar-refractivity contribution in [3.8, 4) is 0 Å². The number of nitrogens with zero attached hydrogens (tertiary/aromatic N) is 2. The second-order valence-corrected chi connectivity index (χ2v) is 9.04. The van der Waals surface area contributed by atoms with E-state index in [-0.39, 0.29) is 25.4 Å². The van der Waals surface area contributed by atoms with E-state index in [4.69, 9.17) is 16.3 Å². The molecule has 1 aromatic rings. The van der Waals surface area contributed by atoms with Crippen molar-refractivity contribution in [2.75, 3.05) is 19.9 Å². The topological polar surface area (TPSA) is 107 Å². The summed E-state index contributed by atoms with van der Waals surface area (Å²) in [6, 6.07) is 3.73. The number of rotatable bonds is 5. The van der Waals surface area contributed by atoms with Crippen LogP contribution < -0.4 is 0 Å². The second kappa shape index (κ2) is 8.61. The van der Waals surface area contributed by atoms with E-state index in [0.717, 1.165) is 16.0 Å². The molecule has 0 aliphatic carbocycles. The van der Waals surface area contributed by atoms with E-state index in [1.165, 1.54) is 12.0 Å². The first-order chi connectivity index (χ1) is 12.5. The van der Waals surface area contributed by atoms with Gasteiger partial charge in [0.25, 0.3) is 0 Å². The number of carbonyl (C=O) groups excluding carboxylic acids is 2. The number of hydrogen-bond donors (Lipinski definition) is 2. The van der Waals surface area contributed by atoms with Crippen LogP contribution in [0.2, 0.25) is 5.02 Å². The number of hydrogen-bond acceptors (Lipinski definition) is 4. The number of fused-ring (bicyclic) bond motifs is 1. The fourth-order valence-electron chi connectivity index (χ4n) is 3.14. The van der Waals surface area contributed by atoms with Crippen LogP contribution in [-0.4, -0.2) is 57.6 Å². The van der Waals surface area contributed by atoms with Gasteiger partial charge in [-0.25, -0.2) is 9.59 Å². The van der Waals surface area contributed by atoms with Crippen LogP contribution in [0.3, 0.4) is 0 Å². The van der Waals surface area contributed by atoms with E-state index in [0.29, 0.717) is 5.02 Å². The summed E-state index contributed by atoms with van der Waals surface area (Å²) in [7, 11) is -3.23. The molecule has 0 aromatic heterocycles. The number of esters is 1. The van der Waals surface area contributed by atoms with Crippen molar-refractivity contribution in [1.82, 2.24) is 9.80 Å². The lowest BCUT2D eigenvalue weighted by molar-refractivity contribution is -0.146. The molecule has 2 N–H and O–H groups in total. The van der Waals surface area contributed by atoms with Gasteiger partial charge < -0.3 is 24.3 Å². The predicted molar refractivity (Wildman–Crippen MR) is 100 cm³/mol. The normalized spacial score (nSPS) is 16.9. The Kier molecular flexibility index (Phi) is 6.92.